The highest BCUT2D eigenvalue weighted by atomic mass is 16.3. The fourth-order valence-corrected chi connectivity index (χ4v) is 2.53. The maximum Gasteiger partial charge on any atom is 0.189 e. The van der Waals surface area contributed by atoms with Crippen LogP contribution in [0.5, 0.6) is 0 Å². The minimum atomic E-state index is -0.0680. The summed E-state index contributed by atoms with van der Waals surface area (Å²) in [4.78, 5) is 6.92. The highest BCUT2D eigenvalue weighted by molar-refractivity contribution is 5.78. The van der Waals surface area contributed by atoms with E-state index < -0.39 is 0 Å². The molecule has 1 aromatic heterocycles. The number of hydrogen-bond acceptors (Lipinski definition) is 3. The van der Waals surface area contributed by atoms with Gasteiger partial charge in [-0.25, -0.2) is 0 Å². The number of furan rings is 1. The van der Waals surface area contributed by atoms with Crippen LogP contribution < -0.4 is 11.1 Å². The van der Waals surface area contributed by atoms with Gasteiger partial charge in [0.15, 0.2) is 5.96 Å². The van der Waals surface area contributed by atoms with Gasteiger partial charge in [0.05, 0.1) is 18.8 Å². The van der Waals surface area contributed by atoms with Gasteiger partial charge in [0, 0.05) is 5.54 Å². The average molecular weight is 278 g/mol. The van der Waals surface area contributed by atoms with E-state index in [-0.39, 0.29) is 11.6 Å². The quantitative estimate of drug-likeness (QED) is 0.654. The van der Waals surface area contributed by atoms with E-state index in [9.17, 15) is 0 Å². The van der Waals surface area contributed by atoms with Crippen molar-refractivity contribution in [2.24, 2.45) is 10.7 Å². The fourth-order valence-electron chi connectivity index (χ4n) is 2.53. The third-order valence-corrected chi connectivity index (χ3v) is 3.39. The minimum Gasteiger partial charge on any atom is -0.468 e. The Hall–Kier alpha value is -1.49. The van der Waals surface area contributed by atoms with Gasteiger partial charge in [-0.05, 0) is 58.8 Å². The van der Waals surface area contributed by atoms with Crippen LogP contribution in [0.25, 0.3) is 0 Å². The van der Waals surface area contributed by atoms with Crippen LogP contribution in [0.1, 0.15) is 45.4 Å². The van der Waals surface area contributed by atoms with E-state index >= 15 is 0 Å². The maximum atomic E-state index is 5.95. The first-order chi connectivity index (χ1) is 9.46. The van der Waals surface area contributed by atoms with Gasteiger partial charge in [0.1, 0.15) is 5.76 Å². The Morgan fingerprint density at radius 3 is 2.70 bits per heavy atom. The van der Waals surface area contributed by atoms with Gasteiger partial charge in [-0.2, -0.15) is 0 Å². The van der Waals surface area contributed by atoms with Crippen molar-refractivity contribution in [2.45, 2.75) is 45.2 Å². The maximum absolute atomic E-state index is 5.95. The van der Waals surface area contributed by atoms with E-state index in [1.807, 2.05) is 12.1 Å². The Bertz CT molecular complexity index is 427. The van der Waals surface area contributed by atoms with E-state index in [1.54, 1.807) is 6.26 Å². The molecule has 1 unspecified atom stereocenters. The topological polar surface area (TPSA) is 66.8 Å². The lowest BCUT2D eigenvalue weighted by molar-refractivity contribution is 0.221. The van der Waals surface area contributed by atoms with Gasteiger partial charge in [-0.1, -0.05) is 0 Å². The predicted molar refractivity (Wildman–Crippen MR) is 81.6 cm³/mol. The molecular weight excluding hydrogens is 252 g/mol. The summed E-state index contributed by atoms with van der Waals surface area (Å²) in [5, 5.41) is 3.19. The van der Waals surface area contributed by atoms with Gasteiger partial charge < -0.3 is 15.5 Å². The van der Waals surface area contributed by atoms with Crippen LogP contribution in [0, 0.1) is 0 Å². The smallest absolute Gasteiger partial charge is 0.189 e. The number of aliphatic imine (C=N–C) groups is 1. The van der Waals surface area contributed by atoms with Crippen molar-refractivity contribution in [2.75, 3.05) is 19.6 Å². The first kappa shape index (κ1) is 14.9. The molecule has 1 atom stereocenters. The number of nitrogens with one attached hydrogen (secondary N) is 1. The van der Waals surface area contributed by atoms with Crippen LogP contribution in [0.15, 0.2) is 27.8 Å². The van der Waals surface area contributed by atoms with Crippen molar-refractivity contribution in [3.05, 3.63) is 24.2 Å². The van der Waals surface area contributed by atoms with E-state index in [2.05, 4.69) is 36.0 Å². The highest BCUT2D eigenvalue weighted by Gasteiger charge is 2.25. The van der Waals surface area contributed by atoms with E-state index in [0.717, 1.165) is 18.8 Å². The van der Waals surface area contributed by atoms with Crippen molar-refractivity contribution >= 4 is 5.96 Å². The van der Waals surface area contributed by atoms with Crippen LogP contribution in [0.3, 0.4) is 0 Å². The first-order valence-electron chi connectivity index (χ1n) is 7.31. The molecular formula is C15H26N4O. The summed E-state index contributed by atoms with van der Waals surface area (Å²) in [6.45, 7) is 9.04. The molecule has 0 saturated carbocycles. The zero-order chi connectivity index (χ0) is 14.6. The second-order valence-corrected chi connectivity index (χ2v) is 6.38. The summed E-state index contributed by atoms with van der Waals surface area (Å²) in [6, 6.07) is 4.14. The molecule has 1 saturated heterocycles. The third-order valence-electron chi connectivity index (χ3n) is 3.39. The van der Waals surface area contributed by atoms with Crippen LogP contribution >= 0.6 is 0 Å². The Balaban J connectivity index is 2.03. The summed E-state index contributed by atoms with van der Waals surface area (Å²) < 4.78 is 5.57. The molecule has 0 aliphatic carbocycles. The lowest BCUT2D eigenvalue weighted by Crippen LogP contribution is -2.45. The van der Waals surface area contributed by atoms with E-state index in [1.165, 1.54) is 12.8 Å². The second kappa shape index (κ2) is 6.31. The molecule has 3 N–H and O–H groups in total. The standard InChI is InChI=1S/C15H26N4O/c1-15(2,3)18-14(16)17-11-12(13-7-6-10-20-13)19-8-4-5-9-19/h6-7,10,12H,4-5,8-9,11H2,1-3H3,(H3,16,17,18). The predicted octanol–water partition coefficient (Wildman–Crippen LogP) is 2.12. The van der Waals surface area contributed by atoms with Gasteiger partial charge >= 0.3 is 0 Å². The molecule has 0 aromatic carbocycles. The normalized spacial score (nSPS) is 19.2. The first-order valence-corrected chi connectivity index (χ1v) is 7.31. The van der Waals surface area contributed by atoms with Crippen LogP contribution in [0.4, 0.5) is 0 Å². The van der Waals surface area contributed by atoms with Crippen molar-refractivity contribution in [1.29, 1.82) is 0 Å². The zero-order valence-electron chi connectivity index (χ0n) is 12.7. The van der Waals surface area contributed by atoms with Crippen molar-refractivity contribution < 1.29 is 4.42 Å². The fraction of sp³-hybridized carbons (Fsp3) is 0.667. The van der Waals surface area contributed by atoms with E-state index in [0.29, 0.717) is 12.5 Å². The van der Waals surface area contributed by atoms with Gasteiger partial charge in [-0.15, -0.1) is 0 Å². The number of guanidine groups is 1. The summed E-state index contributed by atoms with van der Waals surface area (Å²) in [7, 11) is 0. The molecule has 1 fully saturated rings. The van der Waals surface area contributed by atoms with Gasteiger partial charge in [0.2, 0.25) is 0 Å². The second-order valence-electron chi connectivity index (χ2n) is 6.38. The van der Waals surface area contributed by atoms with Crippen LogP contribution in [-0.4, -0.2) is 36.0 Å². The largest absolute Gasteiger partial charge is 0.468 e. The molecule has 5 nitrogen and oxygen atoms in total. The Labute approximate surface area is 121 Å². The lowest BCUT2D eigenvalue weighted by atomic mass is 10.1. The molecule has 1 aliphatic heterocycles. The molecule has 0 spiro atoms. The summed E-state index contributed by atoms with van der Waals surface area (Å²) in [5.74, 6) is 1.47. The van der Waals surface area contributed by atoms with Crippen LogP contribution in [0.2, 0.25) is 0 Å². The SMILES string of the molecule is CC(C)(C)NC(N)=NCC(c1ccco1)N1CCCC1. The summed E-state index contributed by atoms with van der Waals surface area (Å²) >= 11 is 0. The Kier molecular flexibility index (Phi) is 4.70. The molecule has 1 aromatic rings. The van der Waals surface area contributed by atoms with Crippen LogP contribution in [-0.2, 0) is 0 Å². The van der Waals surface area contributed by atoms with Crippen molar-refractivity contribution in [1.82, 2.24) is 10.2 Å². The monoisotopic (exact) mass is 278 g/mol. The lowest BCUT2D eigenvalue weighted by Gasteiger charge is -2.25. The number of hydrogen-bond donors (Lipinski definition) is 2. The van der Waals surface area contributed by atoms with Gasteiger partial charge in [0.25, 0.3) is 0 Å². The molecule has 0 bridgehead atoms. The molecule has 2 heterocycles. The Morgan fingerprint density at radius 1 is 1.45 bits per heavy atom. The number of nitrogens with two attached hydrogens (primary N) is 1. The zero-order valence-corrected chi connectivity index (χ0v) is 12.7. The highest BCUT2D eigenvalue weighted by Crippen LogP contribution is 2.25. The van der Waals surface area contributed by atoms with E-state index in [4.69, 9.17) is 10.2 Å². The van der Waals surface area contributed by atoms with Crippen molar-refractivity contribution in [3.63, 3.8) is 0 Å². The summed E-state index contributed by atoms with van der Waals surface area (Å²) in [6.07, 6.45) is 4.21. The molecule has 112 valence electrons. The number of likely N-dealkylation sites (tertiary alicyclic amines) is 1. The van der Waals surface area contributed by atoms with Crippen molar-refractivity contribution in [3.8, 4) is 0 Å². The average Bonchev–Trinajstić information content (AvgIpc) is 2.98. The molecule has 0 radical (unpaired) electrons. The number of rotatable bonds is 4. The van der Waals surface area contributed by atoms with Gasteiger partial charge in [-0.3, -0.25) is 9.89 Å². The number of nitrogens with zero attached hydrogens (tertiary/aromatic N) is 2. The molecule has 2 rings (SSSR count). The summed E-state index contributed by atoms with van der Waals surface area (Å²) in [5.41, 5.74) is 5.88. The molecule has 5 heteroatoms. The molecule has 1 aliphatic rings. The molecule has 0 amide bonds. The third kappa shape index (κ3) is 4.27. The Morgan fingerprint density at radius 2 is 2.15 bits per heavy atom. The minimum absolute atomic E-state index is 0.0680. The molecule has 20 heavy (non-hydrogen) atoms.